The zero-order valence-corrected chi connectivity index (χ0v) is 12.5. The summed E-state index contributed by atoms with van der Waals surface area (Å²) in [6, 6.07) is 6.49. The molecule has 0 unspecified atom stereocenters. The Morgan fingerprint density at radius 3 is 2.19 bits per heavy atom. The van der Waals surface area contributed by atoms with E-state index in [4.69, 9.17) is 0 Å². The molecule has 0 aliphatic carbocycles. The lowest BCUT2D eigenvalue weighted by Crippen LogP contribution is -2.47. The van der Waals surface area contributed by atoms with E-state index in [9.17, 15) is 17.2 Å². The number of hydrogen-bond acceptors (Lipinski definition) is 4. The normalized spacial score (nSPS) is 18.1. The van der Waals surface area contributed by atoms with Gasteiger partial charge in [-0.15, -0.1) is 0 Å². The molecule has 0 aromatic heterocycles. The molecule has 0 saturated carbocycles. The number of benzene rings is 1. The molecular formula is C13H18F2N2O3S. The molecule has 118 valence electrons. The van der Waals surface area contributed by atoms with Crippen LogP contribution in [0.3, 0.4) is 0 Å². The highest BCUT2D eigenvalue weighted by atomic mass is 32.2. The van der Waals surface area contributed by atoms with E-state index in [1.54, 1.807) is 12.1 Å². The minimum Gasteiger partial charge on any atom is -0.435 e. The van der Waals surface area contributed by atoms with Gasteiger partial charge in [0, 0.05) is 32.7 Å². The Hall–Kier alpha value is -1.25. The molecule has 0 N–H and O–H groups in total. The molecule has 1 aliphatic heterocycles. The monoisotopic (exact) mass is 320 g/mol. The van der Waals surface area contributed by atoms with E-state index in [2.05, 4.69) is 9.64 Å². The molecule has 0 amide bonds. The summed E-state index contributed by atoms with van der Waals surface area (Å²) < 4.78 is 52.7. The van der Waals surface area contributed by atoms with Crippen LogP contribution in [0.4, 0.5) is 8.78 Å². The maximum absolute atomic E-state index is 12.0. The number of sulfonamides is 1. The van der Waals surface area contributed by atoms with Gasteiger partial charge >= 0.3 is 6.61 Å². The molecule has 0 spiro atoms. The Bertz CT molecular complexity index is 555. The molecule has 1 aliphatic rings. The predicted molar refractivity (Wildman–Crippen MR) is 74.8 cm³/mol. The van der Waals surface area contributed by atoms with Gasteiger partial charge in [-0.2, -0.15) is 13.1 Å². The fourth-order valence-electron chi connectivity index (χ4n) is 2.25. The number of alkyl halides is 2. The van der Waals surface area contributed by atoms with Crippen molar-refractivity contribution in [3.63, 3.8) is 0 Å². The standard InChI is InChI=1S/C13H18F2N2O3S/c1-21(18,19)17-8-6-16(7-9-17)10-11-2-4-12(5-3-11)20-13(14)15/h2-5,13H,6-10H2,1H3. The van der Waals surface area contributed by atoms with Crippen LogP contribution in [0.15, 0.2) is 24.3 Å². The second-order valence-electron chi connectivity index (χ2n) is 4.96. The molecule has 1 aromatic carbocycles. The SMILES string of the molecule is CS(=O)(=O)N1CCN(Cc2ccc(OC(F)F)cc2)CC1. The Morgan fingerprint density at radius 2 is 1.71 bits per heavy atom. The summed E-state index contributed by atoms with van der Waals surface area (Å²) in [7, 11) is -3.12. The van der Waals surface area contributed by atoms with Crippen molar-refractivity contribution in [2.75, 3.05) is 32.4 Å². The van der Waals surface area contributed by atoms with Crippen LogP contribution >= 0.6 is 0 Å². The topological polar surface area (TPSA) is 49.9 Å². The summed E-state index contributed by atoms with van der Waals surface area (Å²) in [4.78, 5) is 2.13. The van der Waals surface area contributed by atoms with Crippen LogP contribution in [-0.4, -0.2) is 56.7 Å². The lowest BCUT2D eigenvalue weighted by Gasteiger charge is -2.33. The minimum atomic E-state index is -3.12. The third-order valence-corrected chi connectivity index (χ3v) is 4.66. The number of piperazine rings is 1. The molecule has 0 radical (unpaired) electrons. The van der Waals surface area contributed by atoms with Gasteiger partial charge in [-0.05, 0) is 17.7 Å². The van der Waals surface area contributed by atoms with Crippen LogP contribution in [0.5, 0.6) is 5.75 Å². The summed E-state index contributed by atoms with van der Waals surface area (Å²) in [6.45, 7) is 0.105. The van der Waals surface area contributed by atoms with Gasteiger partial charge in [-0.1, -0.05) is 12.1 Å². The highest BCUT2D eigenvalue weighted by Gasteiger charge is 2.23. The molecule has 1 heterocycles. The summed E-state index contributed by atoms with van der Waals surface area (Å²) in [5, 5.41) is 0. The van der Waals surface area contributed by atoms with E-state index in [1.807, 2.05) is 0 Å². The van der Waals surface area contributed by atoms with E-state index < -0.39 is 16.6 Å². The quantitative estimate of drug-likeness (QED) is 0.822. The molecule has 8 heteroatoms. The number of hydrogen-bond donors (Lipinski definition) is 0. The first kappa shape index (κ1) is 16.1. The zero-order chi connectivity index (χ0) is 15.5. The average molecular weight is 320 g/mol. The molecule has 0 bridgehead atoms. The van der Waals surface area contributed by atoms with Crippen molar-refractivity contribution >= 4 is 10.0 Å². The molecule has 5 nitrogen and oxygen atoms in total. The molecule has 1 fully saturated rings. The first-order chi connectivity index (χ1) is 9.84. The summed E-state index contributed by atoms with van der Waals surface area (Å²) >= 11 is 0. The maximum Gasteiger partial charge on any atom is 0.387 e. The fraction of sp³-hybridized carbons (Fsp3) is 0.538. The molecule has 1 aromatic rings. The molecule has 2 rings (SSSR count). The van der Waals surface area contributed by atoms with Gasteiger partial charge in [-0.3, -0.25) is 4.90 Å². The molecule has 21 heavy (non-hydrogen) atoms. The Balaban J connectivity index is 1.86. The van der Waals surface area contributed by atoms with E-state index in [-0.39, 0.29) is 5.75 Å². The predicted octanol–water partition coefficient (Wildman–Crippen LogP) is 1.37. The van der Waals surface area contributed by atoms with Gasteiger partial charge in [0.2, 0.25) is 10.0 Å². The van der Waals surface area contributed by atoms with Crippen molar-refractivity contribution in [3.8, 4) is 5.75 Å². The van der Waals surface area contributed by atoms with Crippen LogP contribution in [0.1, 0.15) is 5.56 Å². The Kier molecular flexibility index (Phi) is 5.13. The fourth-order valence-corrected chi connectivity index (χ4v) is 3.08. The lowest BCUT2D eigenvalue weighted by atomic mass is 10.2. The number of rotatable bonds is 5. The summed E-state index contributed by atoms with van der Waals surface area (Å²) in [6.07, 6.45) is 1.21. The van der Waals surface area contributed by atoms with Crippen LogP contribution < -0.4 is 4.74 Å². The van der Waals surface area contributed by atoms with Crippen molar-refractivity contribution in [2.45, 2.75) is 13.2 Å². The van der Waals surface area contributed by atoms with Gasteiger partial charge in [0.05, 0.1) is 6.26 Å². The third-order valence-electron chi connectivity index (χ3n) is 3.35. The highest BCUT2D eigenvalue weighted by molar-refractivity contribution is 7.88. The van der Waals surface area contributed by atoms with E-state index in [0.29, 0.717) is 32.7 Å². The first-order valence-corrected chi connectivity index (χ1v) is 8.40. The van der Waals surface area contributed by atoms with Crippen LogP contribution in [0.25, 0.3) is 0 Å². The number of halogens is 2. The van der Waals surface area contributed by atoms with Crippen molar-refractivity contribution in [1.29, 1.82) is 0 Å². The smallest absolute Gasteiger partial charge is 0.387 e. The van der Waals surface area contributed by atoms with E-state index in [1.165, 1.54) is 22.7 Å². The maximum atomic E-state index is 12.0. The van der Waals surface area contributed by atoms with Crippen LogP contribution in [-0.2, 0) is 16.6 Å². The van der Waals surface area contributed by atoms with Crippen molar-refractivity contribution in [2.24, 2.45) is 0 Å². The van der Waals surface area contributed by atoms with Crippen molar-refractivity contribution in [1.82, 2.24) is 9.21 Å². The van der Waals surface area contributed by atoms with Crippen LogP contribution in [0.2, 0.25) is 0 Å². The molecular weight excluding hydrogens is 302 g/mol. The second kappa shape index (κ2) is 6.67. The van der Waals surface area contributed by atoms with E-state index in [0.717, 1.165) is 5.56 Å². The lowest BCUT2D eigenvalue weighted by molar-refractivity contribution is -0.0498. The molecule has 0 atom stereocenters. The highest BCUT2D eigenvalue weighted by Crippen LogP contribution is 2.17. The average Bonchev–Trinajstić information content (AvgIpc) is 2.40. The van der Waals surface area contributed by atoms with Crippen molar-refractivity contribution in [3.05, 3.63) is 29.8 Å². The van der Waals surface area contributed by atoms with Gasteiger partial charge in [0.1, 0.15) is 5.75 Å². The molecule has 1 saturated heterocycles. The number of ether oxygens (including phenoxy) is 1. The van der Waals surface area contributed by atoms with Crippen LogP contribution in [0, 0.1) is 0 Å². The Labute approximate surface area is 123 Å². The van der Waals surface area contributed by atoms with Gasteiger partial charge in [0.15, 0.2) is 0 Å². The minimum absolute atomic E-state index is 0.135. The Morgan fingerprint density at radius 1 is 1.14 bits per heavy atom. The third kappa shape index (κ3) is 4.90. The van der Waals surface area contributed by atoms with Gasteiger partial charge in [0.25, 0.3) is 0 Å². The number of nitrogens with zero attached hydrogens (tertiary/aromatic N) is 2. The van der Waals surface area contributed by atoms with Gasteiger partial charge < -0.3 is 4.74 Å². The summed E-state index contributed by atoms with van der Waals surface area (Å²) in [5.74, 6) is 0.135. The van der Waals surface area contributed by atoms with Crippen molar-refractivity contribution < 1.29 is 21.9 Å². The van der Waals surface area contributed by atoms with Gasteiger partial charge in [-0.25, -0.2) is 8.42 Å². The zero-order valence-electron chi connectivity index (χ0n) is 11.7. The first-order valence-electron chi connectivity index (χ1n) is 6.56. The second-order valence-corrected chi connectivity index (χ2v) is 6.94. The largest absolute Gasteiger partial charge is 0.435 e. The summed E-state index contributed by atoms with van der Waals surface area (Å²) in [5.41, 5.74) is 0.976. The van der Waals surface area contributed by atoms with E-state index >= 15 is 0 Å².